The van der Waals surface area contributed by atoms with Gasteiger partial charge in [-0.05, 0) is 27.2 Å². The molecule has 0 aromatic heterocycles. The standard InChI is InChI=1S/C11H23N3O2/c1-5-8(12)10(16)13-7-6-9(15)14-11(2,3)4/h8H,5-7,12H2,1-4H3,(H,13,16)(H,14,15)/t8-/m0/s1. The van der Waals surface area contributed by atoms with E-state index in [0.717, 1.165) is 0 Å². The number of carbonyl (C=O) groups is 2. The molecule has 0 aromatic carbocycles. The van der Waals surface area contributed by atoms with Crippen LogP contribution in [0.3, 0.4) is 0 Å². The molecule has 16 heavy (non-hydrogen) atoms. The Morgan fingerprint density at radius 3 is 2.31 bits per heavy atom. The van der Waals surface area contributed by atoms with Crippen LogP contribution in [0.25, 0.3) is 0 Å². The van der Waals surface area contributed by atoms with E-state index in [9.17, 15) is 9.59 Å². The van der Waals surface area contributed by atoms with Gasteiger partial charge in [-0.15, -0.1) is 0 Å². The van der Waals surface area contributed by atoms with Gasteiger partial charge in [0.1, 0.15) is 0 Å². The molecule has 0 heterocycles. The zero-order valence-electron chi connectivity index (χ0n) is 10.6. The third kappa shape index (κ3) is 7.23. The Morgan fingerprint density at radius 2 is 1.88 bits per heavy atom. The Hall–Kier alpha value is -1.10. The highest BCUT2D eigenvalue weighted by Crippen LogP contribution is 1.98. The summed E-state index contributed by atoms with van der Waals surface area (Å²) in [4.78, 5) is 22.7. The fourth-order valence-corrected chi connectivity index (χ4v) is 1.10. The molecule has 5 nitrogen and oxygen atoms in total. The van der Waals surface area contributed by atoms with Gasteiger partial charge < -0.3 is 16.4 Å². The lowest BCUT2D eigenvalue weighted by molar-refractivity contribution is -0.123. The monoisotopic (exact) mass is 229 g/mol. The van der Waals surface area contributed by atoms with Crippen molar-refractivity contribution in [3.63, 3.8) is 0 Å². The molecule has 2 amide bonds. The second-order valence-corrected chi connectivity index (χ2v) is 4.85. The van der Waals surface area contributed by atoms with Crippen LogP contribution in [0.5, 0.6) is 0 Å². The van der Waals surface area contributed by atoms with E-state index >= 15 is 0 Å². The van der Waals surface area contributed by atoms with Crippen LogP contribution in [0, 0.1) is 0 Å². The molecule has 0 saturated carbocycles. The number of hydrogen-bond acceptors (Lipinski definition) is 3. The molecule has 0 bridgehead atoms. The summed E-state index contributed by atoms with van der Waals surface area (Å²) in [6, 6.07) is -0.481. The lowest BCUT2D eigenvalue weighted by Gasteiger charge is -2.20. The van der Waals surface area contributed by atoms with Crippen LogP contribution >= 0.6 is 0 Å². The summed E-state index contributed by atoms with van der Waals surface area (Å²) < 4.78 is 0. The smallest absolute Gasteiger partial charge is 0.236 e. The predicted octanol–water partition coefficient (Wildman–Crippen LogP) is 0.145. The molecular weight excluding hydrogens is 206 g/mol. The number of hydrogen-bond donors (Lipinski definition) is 3. The van der Waals surface area contributed by atoms with Crippen molar-refractivity contribution in [1.82, 2.24) is 10.6 Å². The number of rotatable bonds is 5. The molecular formula is C11H23N3O2. The van der Waals surface area contributed by atoms with E-state index in [4.69, 9.17) is 5.73 Å². The zero-order chi connectivity index (χ0) is 12.8. The third-order valence-corrected chi connectivity index (χ3v) is 1.94. The van der Waals surface area contributed by atoms with Crippen LogP contribution in [0.2, 0.25) is 0 Å². The number of nitrogens with two attached hydrogens (primary N) is 1. The van der Waals surface area contributed by atoms with E-state index in [1.165, 1.54) is 0 Å². The highest BCUT2D eigenvalue weighted by Gasteiger charge is 2.14. The summed E-state index contributed by atoms with van der Waals surface area (Å²) in [7, 11) is 0. The van der Waals surface area contributed by atoms with Crippen molar-refractivity contribution in [3.8, 4) is 0 Å². The first-order valence-electron chi connectivity index (χ1n) is 5.60. The van der Waals surface area contributed by atoms with Crippen LogP contribution in [-0.4, -0.2) is 29.9 Å². The fourth-order valence-electron chi connectivity index (χ4n) is 1.10. The van der Waals surface area contributed by atoms with Gasteiger partial charge in [-0.25, -0.2) is 0 Å². The van der Waals surface area contributed by atoms with E-state index in [1.54, 1.807) is 0 Å². The Morgan fingerprint density at radius 1 is 1.31 bits per heavy atom. The molecule has 0 spiro atoms. The molecule has 0 aliphatic heterocycles. The van der Waals surface area contributed by atoms with E-state index in [0.29, 0.717) is 13.0 Å². The summed E-state index contributed by atoms with van der Waals surface area (Å²) in [5.74, 6) is -0.274. The molecule has 0 rings (SSSR count). The maximum absolute atomic E-state index is 11.4. The topological polar surface area (TPSA) is 84.2 Å². The zero-order valence-corrected chi connectivity index (χ0v) is 10.6. The molecule has 94 valence electrons. The van der Waals surface area contributed by atoms with Gasteiger partial charge in [0.25, 0.3) is 0 Å². The van der Waals surface area contributed by atoms with Crippen molar-refractivity contribution in [3.05, 3.63) is 0 Å². The summed E-state index contributed by atoms with van der Waals surface area (Å²) in [5, 5.41) is 5.44. The fraction of sp³-hybridized carbons (Fsp3) is 0.818. The van der Waals surface area contributed by atoms with Crippen LogP contribution in [-0.2, 0) is 9.59 Å². The summed E-state index contributed by atoms with van der Waals surface area (Å²) in [6.45, 7) is 7.91. The van der Waals surface area contributed by atoms with E-state index in [2.05, 4.69) is 10.6 Å². The maximum Gasteiger partial charge on any atom is 0.236 e. The minimum Gasteiger partial charge on any atom is -0.354 e. The number of carbonyl (C=O) groups excluding carboxylic acids is 2. The van der Waals surface area contributed by atoms with Crippen molar-refractivity contribution in [2.75, 3.05) is 6.54 Å². The van der Waals surface area contributed by atoms with Gasteiger partial charge in [-0.1, -0.05) is 6.92 Å². The SMILES string of the molecule is CC[C@H](N)C(=O)NCCC(=O)NC(C)(C)C. The highest BCUT2D eigenvalue weighted by molar-refractivity contribution is 5.82. The van der Waals surface area contributed by atoms with Crippen molar-refractivity contribution in [1.29, 1.82) is 0 Å². The number of amides is 2. The normalized spacial score (nSPS) is 13.1. The quantitative estimate of drug-likeness (QED) is 0.627. The first-order chi connectivity index (χ1) is 7.26. The molecule has 0 fully saturated rings. The van der Waals surface area contributed by atoms with E-state index in [1.807, 2.05) is 27.7 Å². The summed E-state index contributed by atoms with van der Waals surface area (Å²) in [5.41, 5.74) is 5.29. The van der Waals surface area contributed by atoms with Crippen molar-refractivity contribution in [2.24, 2.45) is 5.73 Å². The Labute approximate surface area is 97.2 Å². The average Bonchev–Trinajstić information content (AvgIpc) is 2.13. The second kappa shape index (κ2) is 6.48. The van der Waals surface area contributed by atoms with Gasteiger partial charge in [0.05, 0.1) is 6.04 Å². The van der Waals surface area contributed by atoms with Gasteiger partial charge >= 0.3 is 0 Å². The van der Waals surface area contributed by atoms with Gasteiger partial charge in [-0.3, -0.25) is 9.59 Å². The van der Waals surface area contributed by atoms with Gasteiger partial charge in [0.2, 0.25) is 11.8 Å². The molecule has 0 aliphatic rings. The minimum atomic E-state index is -0.481. The second-order valence-electron chi connectivity index (χ2n) is 4.85. The Balaban J connectivity index is 3.75. The van der Waals surface area contributed by atoms with E-state index < -0.39 is 6.04 Å². The highest BCUT2D eigenvalue weighted by atomic mass is 16.2. The summed E-state index contributed by atoms with van der Waals surface area (Å²) in [6.07, 6.45) is 0.874. The largest absolute Gasteiger partial charge is 0.354 e. The lowest BCUT2D eigenvalue weighted by atomic mass is 10.1. The average molecular weight is 229 g/mol. The van der Waals surface area contributed by atoms with Crippen LogP contribution in [0.15, 0.2) is 0 Å². The first-order valence-corrected chi connectivity index (χ1v) is 5.60. The minimum absolute atomic E-state index is 0.0714. The lowest BCUT2D eigenvalue weighted by Crippen LogP contribution is -2.44. The molecule has 0 saturated heterocycles. The first kappa shape index (κ1) is 14.9. The van der Waals surface area contributed by atoms with Crippen LogP contribution in [0.4, 0.5) is 0 Å². The van der Waals surface area contributed by atoms with Gasteiger partial charge in [-0.2, -0.15) is 0 Å². The molecule has 1 atom stereocenters. The van der Waals surface area contributed by atoms with Crippen LogP contribution in [0.1, 0.15) is 40.5 Å². The van der Waals surface area contributed by atoms with Crippen molar-refractivity contribution in [2.45, 2.75) is 52.1 Å². The Bertz CT molecular complexity index is 246. The van der Waals surface area contributed by atoms with Crippen molar-refractivity contribution >= 4 is 11.8 Å². The molecule has 4 N–H and O–H groups in total. The molecule has 0 radical (unpaired) electrons. The molecule has 0 aromatic rings. The maximum atomic E-state index is 11.4. The Kier molecular flexibility index (Phi) is 6.03. The van der Waals surface area contributed by atoms with Gasteiger partial charge in [0.15, 0.2) is 0 Å². The van der Waals surface area contributed by atoms with Crippen molar-refractivity contribution < 1.29 is 9.59 Å². The predicted molar refractivity (Wildman–Crippen MR) is 63.8 cm³/mol. The molecule has 0 aliphatic carbocycles. The molecule has 0 unspecified atom stereocenters. The summed E-state index contributed by atoms with van der Waals surface area (Å²) >= 11 is 0. The molecule has 5 heteroatoms. The third-order valence-electron chi connectivity index (χ3n) is 1.94. The number of nitrogens with one attached hydrogen (secondary N) is 2. The van der Waals surface area contributed by atoms with E-state index in [-0.39, 0.29) is 23.8 Å². The van der Waals surface area contributed by atoms with Gasteiger partial charge in [0, 0.05) is 18.5 Å². The van der Waals surface area contributed by atoms with Crippen LogP contribution < -0.4 is 16.4 Å².